The first-order valence-electron chi connectivity index (χ1n) is 10.3. The topological polar surface area (TPSA) is 61.0 Å². The molecule has 1 saturated heterocycles. The molecule has 0 amide bonds. The molecule has 3 aromatic rings. The Morgan fingerprint density at radius 1 is 1.10 bits per heavy atom. The van der Waals surface area contributed by atoms with Crippen molar-refractivity contribution in [2.75, 3.05) is 23.3 Å². The van der Waals surface area contributed by atoms with Gasteiger partial charge in [-0.25, -0.2) is 4.98 Å². The number of nitrogens with zero attached hydrogens (tertiary/aromatic N) is 2. The van der Waals surface area contributed by atoms with Crippen molar-refractivity contribution in [1.82, 2.24) is 9.97 Å². The van der Waals surface area contributed by atoms with Crippen LogP contribution in [0, 0.1) is 5.41 Å². The first-order valence-corrected chi connectivity index (χ1v) is 10.3. The number of aromatic amines is 1. The van der Waals surface area contributed by atoms with Crippen LogP contribution in [0.15, 0.2) is 48.7 Å². The van der Waals surface area contributed by atoms with Gasteiger partial charge in [0.1, 0.15) is 5.82 Å². The second-order valence-corrected chi connectivity index (χ2v) is 8.90. The predicted octanol–water partition coefficient (Wildman–Crippen LogP) is 5.19. The van der Waals surface area contributed by atoms with Crippen molar-refractivity contribution in [2.45, 2.75) is 33.1 Å². The molecule has 148 valence electrons. The lowest BCUT2D eigenvalue weighted by Crippen LogP contribution is -2.37. The second-order valence-electron chi connectivity index (χ2n) is 8.90. The van der Waals surface area contributed by atoms with Crippen LogP contribution in [0.3, 0.4) is 0 Å². The fraction of sp³-hybridized carbons (Fsp3) is 0.333. The zero-order valence-electron chi connectivity index (χ0n) is 17.0. The Balaban J connectivity index is 1.64. The van der Waals surface area contributed by atoms with Gasteiger partial charge in [-0.05, 0) is 42.5 Å². The highest BCUT2D eigenvalue weighted by molar-refractivity contribution is 6.07. The summed E-state index contributed by atoms with van der Waals surface area (Å²) < 4.78 is 0. The van der Waals surface area contributed by atoms with E-state index in [2.05, 4.69) is 40.1 Å². The summed E-state index contributed by atoms with van der Waals surface area (Å²) in [6, 6.07) is 14.2. The molecule has 3 heterocycles. The quantitative estimate of drug-likeness (QED) is 0.648. The largest absolute Gasteiger partial charge is 0.356 e. The van der Waals surface area contributed by atoms with E-state index >= 15 is 0 Å². The van der Waals surface area contributed by atoms with Crippen LogP contribution < -0.4 is 10.2 Å². The number of hydrogen-bond acceptors (Lipinski definition) is 4. The standard InChI is InChI=1S/C24H26N4O/c1-24(2)14-18-21(19(29)15-24)23(26-17-7-4-3-5-8-17)22(27-18)16-9-10-25-20(13-16)28-11-6-12-28/h3-5,7-10,13,26-27H,6,11-12,14-15H2,1-2H3. The molecule has 0 radical (unpaired) electrons. The molecule has 2 N–H and O–H groups in total. The number of rotatable bonds is 4. The monoisotopic (exact) mass is 386 g/mol. The van der Waals surface area contributed by atoms with Crippen molar-refractivity contribution < 1.29 is 4.79 Å². The van der Waals surface area contributed by atoms with Crippen LogP contribution in [0.5, 0.6) is 0 Å². The molecule has 0 spiro atoms. The Bertz CT molecular complexity index is 1060. The summed E-state index contributed by atoms with van der Waals surface area (Å²) in [5, 5.41) is 3.53. The van der Waals surface area contributed by atoms with Crippen LogP contribution in [0.1, 0.15) is 42.7 Å². The van der Waals surface area contributed by atoms with E-state index < -0.39 is 0 Å². The number of H-pyrrole nitrogens is 1. The minimum Gasteiger partial charge on any atom is -0.356 e. The van der Waals surface area contributed by atoms with Crippen molar-refractivity contribution in [1.29, 1.82) is 0 Å². The van der Waals surface area contributed by atoms with Gasteiger partial charge < -0.3 is 15.2 Å². The van der Waals surface area contributed by atoms with Gasteiger partial charge in [0.2, 0.25) is 0 Å². The minimum absolute atomic E-state index is 0.0305. The number of ketones is 1. The molecule has 0 bridgehead atoms. The predicted molar refractivity (Wildman–Crippen MR) is 117 cm³/mol. The molecule has 0 saturated carbocycles. The number of Topliss-reactive ketones (excluding diaryl/α,β-unsaturated/α-hetero) is 1. The summed E-state index contributed by atoms with van der Waals surface area (Å²) in [7, 11) is 0. The summed E-state index contributed by atoms with van der Waals surface area (Å²) in [4.78, 5) is 23.5. The summed E-state index contributed by atoms with van der Waals surface area (Å²) in [5.74, 6) is 1.20. The highest BCUT2D eigenvalue weighted by Gasteiger charge is 2.35. The molecule has 1 aliphatic heterocycles. The van der Waals surface area contributed by atoms with Crippen molar-refractivity contribution in [3.63, 3.8) is 0 Å². The lowest BCUT2D eigenvalue weighted by molar-refractivity contribution is 0.0912. The van der Waals surface area contributed by atoms with Gasteiger partial charge in [-0.2, -0.15) is 0 Å². The van der Waals surface area contributed by atoms with Gasteiger partial charge in [0, 0.05) is 42.7 Å². The number of aromatic nitrogens is 2. The average molecular weight is 386 g/mol. The van der Waals surface area contributed by atoms with E-state index in [-0.39, 0.29) is 11.2 Å². The third-order valence-corrected chi connectivity index (χ3v) is 5.91. The molecule has 29 heavy (non-hydrogen) atoms. The molecule has 5 nitrogen and oxygen atoms in total. The van der Waals surface area contributed by atoms with Crippen LogP contribution in [-0.4, -0.2) is 28.8 Å². The van der Waals surface area contributed by atoms with E-state index in [4.69, 9.17) is 0 Å². The fourth-order valence-electron chi connectivity index (χ4n) is 4.36. The van der Waals surface area contributed by atoms with Crippen molar-refractivity contribution in [2.24, 2.45) is 5.41 Å². The van der Waals surface area contributed by atoms with E-state index in [1.807, 2.05) is 42.6 Å². The van der Waals surface area contributed by atoms with Crippen molar-refractivity contribution >= 4 is 23.0 Å². The highest BCUT2D eigenvalue weighted by Crippen LogP contribution is 2.43. The van der Waals surface area contributed by atoms with Gasteiger partial charge in [-0.15, -0.1) is 0 Å². The SMILES string of the molecule is CC1(C)CC(=O)c2c([nH]c(-c3ccnc(N4CCC4)c3)c2Nc2ccccc2)C1. The number of carbonyl (C=O) groups is 1. The number of nitrogens with one attached hydrogen (secondary N) is 2. The average Bonchev–Trinajstić information content (AvgIpc) is 2.98. The smallest absolute Gasteiger partial charge is 0.167 e. The fourth-order valence-corrected chi connectivity index (χ4v) is 4.36. The van der Waals surface area contributed by atoms with E-state index in [1.54, 1.807) is 0 Å². The zero-order chi connectivity index (χ0) is 20.0. The highest BCUT2D eigenvalue weighted by atomic mass is 16.1. The maximum atomic E-state index is 13.1. The van der Waals surface area contributed by atoms with Gasteiger partial charge in [-0.1, -0.05) is 32.0 Å². The molecular formula is C24H26N4O. The van der Waals surface area contributed by atoms with E-state index in [1.165, 1.54) is 6.42 Å². The zero-order valence-corrected chi connectivity index (χ0v) is 17.0. The lowest BCUT2D eigenvalue weighted by atomic mass is 9.76. The van der Waals surface area contributed by atoms with Crippen LogP contribution in [-0.2, 0) is 6.42 Å². The van der Waals surface area contributed by atoms with E-state index in [0.717, 1.165) is 59.2 Å². The van der Waals surface area contributed by atoms with Crippen molar-refractivity contribution in [3.05, 3.63) is 59.9 Å². The molecule has 1 aromatic carbocycles. The number of para-hydroxylation sites is 1. The van der Waals surface area contributed by atoms with Gasteiger partial charge >= 0.3 is 0 Å². The Labute approximate surface area is 171 Å². The Morgan fingerprint density at radius 3 is 2.62 bits per heavy atom. The summed E-state index contributed by atoms with van der Waals surface area (Å²) >= 11 is 0. The molecule has 5 rings (SSSR count). The molecule has 5 heteroatoms. The maximum Gasteiger partial charge on any atom is 0.167 e. The molecule has 0 atom stereocenters. The molecule has 2 aromatic heterocycles. The third-order valence-electron chi connectivity index (χ3n) is 5.91. The third kappa shape index (κ3) is 3.31. The first kappa shape index (κ1) is 18.0. The van der Waals surface area contributed by atoms with Gasteiger partial charge in [-0.3, -0.25) is 4.79 Å². The summed E-state index contributed by atoms with van der Waals surface area (Å²) in [6.45, 7) is 6.43. The number of hydrogen-bond donors (Lipinski definition) is 2. The Kier molecular flexibility index (Phi) is 4.19. The summed E-state index contributed by atoms with van der Waals surface area (Å²) in [6.07, 6.45) is 4.51. The van der Waals surface area contributed by atoms with Crippen molar-refractivity contribution in [3.8, 4) is 11.3 Å². The van der Waals surface area contributed by atoms with Gasteiger partial charge in [0.05, 0.1) is 16.9 Å². The second kappa shape index (κ2) is 6.76. The lowest BCUT2D eigenvalue weighted by Gasteiger charge is -2.32. The minimum atomic E-state index is -0.0305. The Hall–Kier alpha value is -3.08. The molecule has 0 unspecified atom stereocenters. The van der Waals surface area contributed by atoms with Crippen LogP contribution in [0.2, 0.25) is 0 Å². The normalized spacial score (nSPS) is 17.6. The first-order chi connectivity index (χ1) is 14.0. The summed E-state index contributed by atoms with van der Waals surface area (Å²) in [5.41, 5.74) is 5.69. The number of carbonyl (C=O) groups excluding carboxylic acids is 1. The number of anilines is 3. The number of pyridine rings is 1. The van der Waals surface area contributed by atoms with E-state index in [9.17, 15) is 4.79 Å². The number of benzene rings is 1. The van der Waals surface area contributed by atoms with E-state index in [0.29, 0.717) is 6.42 Å². The molecule has 1 aliphatic carbocycles. The maximum absolute atomic E-state index is 13.1. The molecule has 2 aliphatic rings. The van der Waals surface area contributed by atoms with Gasteiger partial charge in [0.15, 0.2) is 5.78 Å². The van der Waals surface area contributed by atoms with Crippen LogP contribution in [0.4, 0.5) is 17.2 Å². The van der Waals surface area contributed by atoms with Crippen LogP contribution in [0.25, 0.3) is 11.3 Å². The molecular weight excluding hydrogens is 360 g/mol. The molecule has 1 fully saturated rings. The Morgan fingerprint density at radius 2 is 1.90 bits per heavy atom. The van der Waals surface area contributed by atoms with Crippen LogP contribution >= 0.6 is 0 Å². The number of fused-ring (bicyclic) bond motifs is 1. The van der Waals surface area contributed by atoms with Gasteiger partial charge in [0.25, 0.3) is 0 Å².